The van der Waals surface area contributed by atoms with E-state index in [0.29, 0.717) is 12.6 Å². The van der Waals surface area contributed by atoms with E-state index in [2.05, 4.69) is 0 Å². The molecule has 4 heteroatoms. The Kier molecular flexibility index (Phi) is 2.28. The Bertz CT molecular complexity index is 319. The minimum atomic E-state index is 0.00467. The van der Waals surface area contributed by atoms with Crippen LogP contribution < -0.4 is 0 Å². The molecule has 16 heavy (non-hydrogen) atoms. The standard InChI is InChI=1S/C12H17NO3/c1-7-10(16-7)5-6-13-11(14)8-3-2-4-9(8)12(13)15/h7-10H,2-6H2,1H3. The number of carbonyl (C=O) groups excluding carboxylic acids is 2. The molecule has 2 aliphatic heterocycles. The summed E-state index contributed by atoms with van der Waals surface area (Å²) in [6.45, 7) is 2.58. The number of hydrogen-bond acceptors (Lipinski definition) is 3. The van der Waals surface area contributed by atoms with Crippen molar-refractivity contribution in [1.82, 2.24) is 4.90 Å². The van der Waals surface area contributed by atoms with Crippen molar-refractivity contribution in [3.8, 4) is 0 Å². The SMILES string of the molecule is CC1OC1CCN1C(=O)C2CCCC2C1=O. The van der Waals surface area contributed by atoms with E-state index in [4.69, 9.17) is 4.74 Å². The monoisotopic (exact) mass is 223 g/mol. The zero-order chi connectivity index (χ0) is 11.3. The summed E-state index contributed by atoms with van der Waals surface area (Å²) in [6.07, 6.45) is 4.22. The molecule has 3 aliphatic rings. The van der Waals surface area contributed by atoms with Gasteiger partial charge in [-0.2, -0.15) is 0 Å². The fraction of sp³-hybridized carbons (Fsp3) is 0.833. The molecule has 2 heterocycles. The van der Waals surface area contributed by atoms with Gasteiger partial charge in [0.2, 0.25) is 11.8 Å². The highest BCUT2D eigenvalue weighted by Gasteiger charge is 2.49. The van der Waals surface area contributed by atoms with Crippen molar-refractivity contribution in [2.24, 2.45) is 11.8 Å². The second-order valence-electron chi connectivity index (χ2n) is 5.14. The number of ether oxygens (including phenoxy) is 1. The van der Waals surface area contributed by atoms with Gasteiger partial charge in [0.25, 0.3) is 0 Å². The van der Waals surface area contributed by atoms with Gasteiger partial charge in [-0.15, -0.1) is 0 Å². The van der Waals surface area contributed by atoms with E-state index in [0.717, 1.165) is 25.7 Å². The fourth-order valence-corrected chi connectivity index (χ4v) is 3.07. The molecule has 0 aromatic heterocycles. The Morgan fingerprint density at radius 2 is 1.81 bits per heavy atom. The predicted octanol–water partition coefficient (Wildman–Crippen LogP) is 0.949. The lowest BCUT2D eigenvalue weighted by molar-refractivity contribution is -0.140. The molecule has 2 amide bonds. The average molecular weight is 223 g/mol. The molecule has 4 atom stereocenters. The third-order valence-corrected chi connectivity index (χ3v) is 4.16. The molecule has 2 saturated heterocycles. The molecule has 1 saturated carbocycles. The predicted molar refractivity (Wildman–Crippen MR) is 56.5 cm³/mol. The third kappa shape index (κ3) is 1.47. The normalized spacial score (nSPS) is 41.7. The third-order valence-electron chi connectivity index (χ3n) is 4.16. The first-order chi connectivity index (χ1) is 7.68. The topological polar surface area (TPSA) is 49.9 Å². The van der Waals surface area contributed by atoms with E-state index in [1.54, 1.807) is 0 Å². The minimum absolute atomic E-state index is 0.00467. The summed E-state index contributed by atoms with van der Waals surface area (Å²) < 4.78 is 5.29. The Morgan fingerprint density at radius 1 is 1.25 bits per heavy atom. The number of epoxide rings is 1. The number of amides is 2. The van der Waals surface area contributed by atoms with Crippen LogP contribution in [0.4, 0.5) is 0 Å². The van der Waals surface area contributed by atoms with Crippen LogP contribution in [0.1, 0.15) is 32.6 Å². The molecule has 4 unspecified atom stereocenters. The summed E-state index contributed by atoms with van der Waals surface area (Å²) >= 11 is 0. The lowest BCUT2D eigenvalue weighted by atomic mass is 10.00. The highest BCUT2D eigenvalue weighted by atomic mass is 16.6. The number of rotatable bonds is 3. The first kappa shape index (κ1) is 10.3. The Morgan fingerprint density at radius 3 is 2.31 bits per heavy atom. The number of hydrogen-bond donors (Lipinski definition) is 0. The summed E-state index contributed by atoms with van der Waals surface area (Å²) in [5.74, 6) is 0.150. The Labute approximate surface area is 94.9 Å². The van der Waals surface area contributed by atoms with Crippen molar-refractivity contribution < 1.29 is 14.3 Å². The molecular formula is C12H17NO3. The van der Waals surface area contributed by atoms with Crippen molar-refractivity contribution in [3.63, 3.8) is 0 Å². The number of carbonyl (C=O) groups is 2. The van der Waals surface area contributed by atoms with Crippen molar-refractivity contribution in [2.75, 3.05) is 6.54 Å². The van der Waals surface area contributed by atoms with E-state index in [1.165, 1.54) is 4.90 Å². The molecular weight excluding hydrogens is 206 g/mol. The van der Waals surface area contributed by atoms with Crippen LogP contribution in [0.2, 0.25) is 0 Å². The van der Waals surface area contributed by atoms with Gasteiger partial charge in [0.15, 0.2) is 0 Å². The molecule has 0 spiro atoms. The molecule has 0 radical (unpaired) electrons. The number of fused-ring (bicyclic) bond motifs is 1. The molecule has 0 bridgehead atoms. The van der Waals surface area contributed by atoms with Gasteiger partial charge in [0.1, 0.15) is 0 Å². The molecule has 3 fully saturated rings. The van der Waals surface area contributed by atoms with Crippen LogP contribution in [0.25, 0.3) is 0 Å². The second kappa shape index (κ2) is 3.55. The van der Waals surface area contributed by atoms with Gasteiger partial charge >= 0.3 is 0 Å². The van der Waals surface area contributed by atoms with Gasteiger partial charge in [-0.05, 0) is 26.2 Å². The van der Waals surface area contributed by atoms with Gasteiger partial charge in [-0.3, -0.25) is 14.5 Å². The van der Waals surface area contributed by atoms with Gasteiger partial charge < -0.3 is 4.74 Å². The van der Waals surface area contributed by atoms with Crippen molar-refractivity contribution in [2.45, 2.75) is 44.8 Å². The lowest BCUT2D eigenvalue weighted by Crippen LogP contribution is -2.33. The van der Waals surface area contributed by atoms with Crippen LogP contribution >= 0.6 is 0 Å². The van der Waals surface area contributed by atoms with Crippen molar-refractivity contribution >= 4 is 11.8 Å². The maximum Gasteiger partial charge on any atom is 0.233 e. The summed E-state index contributed by atoms with van der Waals surface area (Å²) in [5.41, 5.74) is 0. The van der Waals surface area contributed by atoms with Crippen LogP contribution in [0.5, 0.6) is 0 Å². The van der Waals surface area contributed by atoms with E-state index in [1.807, 2.05) is 6.92 Å². The average Bonchev–Trinajstić information content (AvgIpc) is 2.74. The molecule has 0 aromatic rings. The summed E-state index contributed by atoms with van der Waals surface area (Å²) in [7, 11) is 0. The smallest absolute Gasteiger partial charge is 0.233 e. The quantitative estimate of drug-likeness (QED) is 0.528. The maximum atomic E-state index is 12.0. The highest BCUT2D eigenvalue weighted by Crippen LogP contribution is 2.40. The maximum absolute atomic E-state index is 12.0. The van der Waals surface area contributed by atoms with Crippen LogP contribution in [0.15, 0.2) is 0 Å². The molecule has 88 valence electrons. The van der Waals surface area contributed by atoms with E-state index in [9.17, 15) is 9.59 Å². The minimum Gasteiger partial charge on any atom is -0.370 e. The van der Waals surface area contributed by atoms with Crippen LogP contribution in [0.3, 0.4) is 0 Å². The number of nitrogens with zero attached hydrogens (tertiary/aromatic N) is 1. The lowest BCUT2D eigenvalue weighted by Gasteiger charge is -2.14. The summed E-state index contributed by atoms with van der Waals surface area (Å²) in [4.78, 5) is 25.4. The zero-order valence-electron chi connectivity index (χ0n) is 9.52. The summed E-state index contributed by atoms with van der Waals surface area (Å²) in [5, 5.41) is 0. The first-order valence-corrected chi connectivity index (χ1v) is 6.19. The van der Waals surface area contributed by atoms with Gasteiger partial charge in [-0.25, -0.2) is 0 Å². The summed E-state index contributed by atoms with van der Waals surface area (Å²) in [6, 6.07) is 0. The fourth-order valence-electron chi connectivity index (χ4n) is 3.07. The Hall–Kier alpha value is -0.900. The molecule has 1 aliphatic carbocycles. The van der Waals surface area contributed by atoms with E-state index >= 15 is 0 Å². The molecule has 0 aromatic carbocycles. The first-order valence-electron chi connectivity index (χ1n) is 6.19. The van der Waals surface area contributed by atoms with Crippen molar-refractivity contribution in [3.05, 3.63) is 0 Å². The van der Waals surface area contributed by atoms with E-state index < -0.39 is 0 Å². The molecule has 4 nitrogen and oxygen atoms in total. The molecule has 0 N–H and O–H groups in total. The molecule has 3 rings (SSSR count). The second-order valence-corrected chi connectivity index (χ2v) is 5.14. The van der Waals surface area contributed by atoms with Crippen molar-refractivity contribution in [1.29, 1.82) is 0 Å². The number of likely N-dealkylation sites (tertiary alicyclic amines) is 1. The van der Waals surface area contributed by atoms with Crippen LogP contribution in [0, 0.1) is 11.8 Å². The highest BCUT2D eigenvalue weighted by molar-refractivity contribution is 6.05. The van der Waals surface area contributed by atoms with Gasteiger partial charge in [0.05, 0.1) is 24.0 Å². The zero-order valence-corrected chi connectivity index (χ0v) is 9.52. The largest absolute Gasteiger partial charge is 0.370 e. The van der Waals surface area contributed by atoms with Crippen LogP contribution in [-0.2, 0) is 14.3 Å². The van der Waals surface area contributed by atoms with Gasteiger partial charge in [-0.1, -0.05) is 6.42 Å². The van der Waals surface area contributed by atoms with Crippen LogP contribution in [-0.4, -0.2) is 35.5 Å². The van der Waals surface area contributed by atoms with E-state index in [-0.39, 0.29) is 29.8 Å². The Balaban J connectivity index is 1.62. The van der Waals surface area contributed by atoms with Gasteiger partial charge in [0, 0.05) is 6.54 Å². The number of imide groups is 1.